The molecule has 3 unspecified atom stereocenters. The van der Waals surface area contributed by atoms with E-state index >= 15 is 0 Å². The van der Waals surface area contributed by atoms with Gasteiger partial charge in [-0.15, -0.1) is 0 Å². The zero-order chi connectivity index (χ0) is 56.2. The Morgan fingerprint density at radius 3 is 1.43 bits per heavy atom. The van der Waals surface area contributed by atoms with Crippen LogP contribution in [0.4, 0.5) is 4.79 Å². The molecule has 458 valence electrons. The van der Waals surface area contributed by atoms with Gasteiger partial charge in [-0.25, -0.2) is 4.79 Å². The van der Waals surface area contributed by atoms with E-state index in [1.807, 2.05) is 16.7 Å². The first kappa shape index (κ1) is 70.2. The minimum absolute atomic E-state index is 0.0843. The molecule has 2 heterocycles. The van der Waals surface area contributed by atoms with E-state index < -0.39 is 0 Å². The predicted molar refractivity (Wildman–Crippen MR) is 297 cm³/mol. The van der Waals surface area contributed by atoms with Crippen molar-refractivity contribution >= 4 is 29.6 Å². The Balaban J connectivity index is 1.06. The maximum absolute atomic E-state index is 13.4. The lowest BCUT2D eigenvalue weighted by Gasteiger charge is -2.23. The molecular formula is C55H98N4O19S. The predicted octanol–water partition coefficient (Wildman–Crippen LogP) is 3.04. The molecule has 2 aliphatic heterocycles. The molecular weight excluding hydrogens is 1050 g/mol. The van der Waals surface area contributed by atoms with E-state index in [4.69, 9.17) is 71.1 Å². The Bertz CT molecular complexity index is 1600. The summed E-state index contributed by atoms with van der Waals surface area (Å²) in [6, 6.07) is 6.95. The van der Waals surface area contributed by atoms with Crippen molar-refractivity contribution in [1.82, 2.24) is 20.9 Å². The third kappa shape index (κ3) is 40.8. The van der Waals surface area contributed by atoms with Crippen LogP contribution in [0.2, 0.25) is 0 Å². The van der Waals surface area contributed by atoms with E-state index in [0.717, 1.165) is 43.6 Å². The van der Waals surface area contributed by atoms with Crippen molar-refractivity contribution in [3.8, 4) is 5.75 Å². The largest absolute Gasteiger partial charge is 0.508 e. The van der Waals surface area contributed by atoms with Crippen molar-refractivity contribution in [3.63, 3.8) is 0 Å². The van der Waals surface area contributed by atoms with Gasteiger partial charge in [-0.2, -0.15) is 11.8 Å². The number of benzene rings is 1. The number of ether oxygens (including phenoxy) is 15. The van der Waals surface area contributed by atoms with Gasteiger partial charge in [0, 0.05) is 56.9 Å². The summed E-state index contributed by atoms with van der Waals surface area (Å²) in [5.74, 6) is 1.06. The molecule has 4 N–H and O–H groups in total. The zero-order valence-corrected chi connectivity index (χ0v) is 48.2. The summed E-state index contributed by atoms with van der Waals surface area (Å²) in [6.45, 7) is 18.3. The van der Waals surface area contributed by atoms with Crippen LogP contribution in [0.3, 0.4) is 0 Å². The molecule has 0 bridgehead atoms. The maximum Gasteiger partial charge on any atom is 0.315 e. The smallest absolute Gasteiger partial charge is 0.315 e. The summed E-state index contributed by atoms with van der Waals surface area (Å²) < 4.78 is 83.5. The van der Waals surface area contributed by atoms with Gasteiger partial charge in [-0.1, -0.05) is 25.5 Å². The van der Waals surface area contributed by atoms with Crippen LogP contribution in [-0.4, -0.2) is 269 Å². The SMILES string of the molecule is CCCOCCOCCOCCOCCOCCOCCOCCOCCOCCOCCOCCOCCN(CCCOCCOCCOCCCNC(=O)Cc1cccc(O)c1)C(=O)CCCCC1SCC2NC(=O)NC21. The van der Waals surface area contributed by atoms with Gasteiger partial charge in [0.2, 0.25) is 11.8 Å². The highest BCUT2D eigenvalue weighted by molar-refractivity contribution is 8.00. The Labute approximate surface area is 474 Å². The van der Waals surface area contributed by atoms with E-state index in [0.29, 0.717) is 236 Å². The summed E-state index contributed by atoms with van der Waals surface area (Å²) in [6.07, 6.45) is 5.73. The number of carbonyl (C=O) groups excluding carboxylic acids is 3. The minimum atomic E-state index is -0.100. The van der Waals surface area contributed by atoms with E-state index in [2.05, 4.69) is 22.9 Å². The summed E-state index contributed by atoms with van der Waals surface area (Å²) >= 11 is 1.89. The number of carbonyl (C=O) groups is 3. The van der Waals surface area contributed by atoms with Crippen LogP contribution in [0, 0.1) is 0 Å². The fraction of sp³-hybridized carbons (Fsp3) is 0.836. The Kier molecular flexibility index (Phi) is 46.1. The average molecular weight is 1150 g/mol. The van der Waals surface area contributed by atoms with Crippen LogP contribution in [0.5, 0.6) is 5.75 Å². The number of phenolic OH excluding ortho intramolecular Hbond substituents is 1. The van der Waals surface area contributed by atoms with Crippen LogP contribution < -0.4 is 16.0 Å². The molecule has 3 atom stereocenters. The van der Waals surface area contributed by atoms with E-state index in [1.54, 1.807) is 24.3 Å². The summed E-state index contributed by atoms with van der Waals surface area (Å²) in [7, 11) is 0. The second kappa shape index (κ2) is 51.8. The second-order valence-corrected chi connectivity index (χ2v) is 19.6. The number of fused-ring (bicyclic) bond motifs is 1. The normalized spacial score (nSPS) is 15.9. The number of hydrogen-bond donors (Lipinski definition) is 4. The van der Waals surface area contributed by atoms with Gasteiger partial charge in [-0.05, 0) is 49.8 Å². The molecule has 2 saturated heterocycles. The highest BCUT2D eigenvalue weighted by Crippen LogP contribution is 2.33. The number of phenols is 1. The van der Waals surface area contributed by atoms with Gasteiger partial charge in [0.1, 0.15) is 5.75 Å². The molecule has 0 saturated carbocycles. The molecule has 1 aromatic rings. The molecule has 0 spiro atoms. The van der Waals surface area contributed by atoms with Crippen molar-refractivity contribution in [3.05, 3.63) is 29.8 Å². The topological polar surface area (TPSA) is 249 Å². The number of urea groups is 1. The number of nitrogens with zero attached hydrogens (tertiary/aromatic N) is 1. The van der Waals surface area contributed by atoms with Crippen LogP contribution in [-0.2, 0) is 87.1 Å². The average Bonchev–Trinajstić information content (AvgIpc) is 4.09. The number of unbranched alkanes of at least 4 members (excludes halogenated alkanes) is 1. The van der Waals surface area contributed by atoms with Crippen molar-refractivity contribution in [1.29, 1.82) is 0 Å². The Morgan fingerprint density at radius 2 is 0.975 bits per heavy atom. The molecule has 0 aromatic heterocycles. The second-order valence-electron chi connectivity index (χ2n) is 18.3. The van der Waals surface area contributed by atoms with Crippen molar-refractivity contribution in [2.24, 2.45) is 0 Å². The lowest BCUT2D eigenvalue weighted by atomic mass is 10.0. The molecule has 0 radical (unpaired) electrons. The lowest BCUT2D eigenvalue weighted by molar-refractivity contribution is -0.132. The van der Waals surface area contributed by atoms with Gasteiger partial charge in [-0.3, -0.25) is 9.59 Å². The van der Waals surface area contributed by atoms with E-state index in [-0.39, 0.29) is 42.1 Å². The first-order chi connectivity index (χ1) is 39.0. The van der Waals surface area contributed by atoms with E-state index in [1.165, 1.54) is 0 Å². The summed E-state index contributed by atoms with van der Waals surface area (Å²) in [5, 5.41) is 18.8. The van der Waals surface area contributed by atoms with Crippen LogP contribution in [0.15, 0.2) is 24.3 Å². The lowest BCUT2D eigenvalue weighted by Crippen LogP contribution is -2.37. The molecule has 4 amide bonds. The van der Waals surface area contributed by atoms with Gasteiger partial charge in [0.15, 0.2) is 0 Å². The number of aromatic hydroxyl groups is 1. The van der Waals surface area contributed by atoms with E-state index in [9.17, 15) is 19.5 Å². The van der Waals surface area contributed by atoms with Crippen LogP contribution >= 0.6 is 11.8 Å². The number of rotatable bonds is 59. The van der Waals surface area contributed by atoms with Gasteiger partial charge in [0.25, 0.3) is 0 Å². The number of thioether (sulfide) groups is 1. The van der Waals surface area contributed by atoms with Crippen molar-refractivity contribution in [2.45, 2.75) is 75.6 Å². The maximum atomic E-state index is 13.4. The standard InChI is InChI=1S/C55H98N4O19S/c1-2-15-64-19-23-68-27-29-71-31-33-73-35-37-75-39-41-77-43-44-78-42-40-76-38-36-74-34-32-72-30-28-70-26-22-67-18-14-59(53(62)11-4-3-10-51-54-50(47-79-51)57-55(63)58-54)13-7-17-66-21-25-69-24-20-65-16-6-12-56-52(61)46-48-8-5-9-49(60)45-48/h5,8-9,45,50-51,54,60H,2-4,6-7,10-44,46-47H2,1H3,(H,56,61)(H2,57,58,63). The summed E-state index contributed by atoms with van der Waals surface area (Å²) in [4.78, 5) is 39.1. The third-order valence-electron chi connectivity index (χ3n) is 11.9. The molecule has 3 rings (SSSR count). The quantitative estimate of drug-likeness (QED) is 0.0541. The molecule has 0 aliphatic carbocycles. The Hall–Kier alpha value is -3.02. The molecule has 24 heteroatoms. The highest BCUT2D eigenvalue weighted by Gasteiger charge is 2.42. The minimum Gasteiger partial charge on any atom is -0.508 e. The highest BCUT2D eigenvalue weighted by atomic mass is 32.2. The Morgan fingerprint density at radius 1 is 0.544 bits per heavy atom. The molecule has 79 heavy (non-hydrogen) atoms. The van der Waals surface area contributed by atoms with Crippen LogP contribution in [0.25, 0.3) is 0 Å². The molecule has 1 aromatic carbocycles. The van der Waals surface area contributed by atoms with Gasteiger partial charge >= 0.3 is 6.03 Å². The van der Waals surface area contributed by atoms with Crippen LogP contribution in [0.1, 0.15) is 57.4 Å². The molecule has 2 fully saturated rings. The number of hydrogen-bond acceptors (Lipinski definition) is 20. The number of nitrogens with one attached hydrogen (secondary N) is 3. The number of amides is 4. The third-order valence-corrected chi connectivity index (χ3v) is 13.4. The molecule has 23 nitrogen and oxygen atoms in total. The first-order valence-corrected chi connectivity index (χ1v) is 29.7. The van der Waals surface area contributed by atoms with Gasteiger partial charge in [0.05, 0.1) is 197 Å². The van der Waals surface area contributed by atoms with Crippen molar-refractivity contribution < 1.29 is 90.5 Å². The monoisotopic (exact) mass is 1150 g/mol. The molecule has 2 aliphatic rings. The van der Waals surface area contributed by atoms with Gasteiger partial charge < -0.3 is 97.0 Å². The summed E-state index contributed by atoms with van der Waals surface area (Å²) in [5.41, 5.74) is 0.760. The fourth-order valence-corrected chi connectivity index (χ4v) is 9.38. The first-order valence-electron chi connectivity index (χ1n) is 28.6. The fourth-order valence-electron chi connectivity index (χ4n) is 7.84. The van der Waals surface area contributed by atoms with Crippen molar-refractivity contribution in [2.75, 3.05) is 224 Å². The zero-order valence-electron chi connectivity index (χ0n) is 47.4.